The van der Waals surface area contributed by atoms with Crippen molar-refractivity contribution in [2.75, 3.05) is 20.2 Å². The summed E-state index contributed by atoms with van der Waals surface area (Å²) in [5.41, 5.74) is 0. The number of rotatable bonds is 0. The molecule has 0 spiro atoms. The maximum Gasteiger partial charge on any atom is 0.0857 e. The van der Waals surface area contributed by atoms with E-state index in [1.807, 2.05) is 0 Å². The highest BCUT2D eigenvalue weighted by atomic mass is 16.5. The Bertz CT molecular complexity index is 105. The van der Waals surface area contributed by atoms with Crippen LogP contribution in [0.4, 0.5) is 0 Å². The number of hydrogen-bond acceptors (Lipinski definition) is 2. The lowest BCUT2D eigenvalue weighted by Gasteiger charge is -2.39. The average molecular weight is 113 g/mol. The fourth-order valence-electron chi connectivity index (χ4n) is 1.60. The molecule has 0 radical (unpaired) electrons. The van der Waals surface area contributed by atoms with E-state index in [-0.39, 0.29) is 0 Å². The monoisotopic (exact) mass is 113 g/mol. The molecule has 0 bridgehead atoms. The van der Waals surface area contributed by atoms with Gasteiger partial charge in [0.15, 0.2) is 0 Å². The summed E-state index contributed by atoms with van der Waals surface area (Å²) in [5.74, 6) is 0. The maximum absolute atomic E-state index is 5.38. The first kappa shape index (κ1) is 4.77. The van der Waals surface area contributed by atoms with Crippen molar-refractivity contribution in [3.8, 4) is 0 Å². The van der Waals surface area contributed by atoms with E-state index in [2.05, 4.69) is 11.9 Å². The molecular formula is C6H11NO. The van der Waals surface area contributed by atoms with Crippen LogP contribution >= 0.6 is 0 Å². The molecule has 0 aromatic rings. The van der Waals surface area contributed by atoms with E-state index in [9.17, 15) is 0 Å². The third-order valence-electron chi connectivity index (χ3n) is 2.21. The molecule has 0 amide bonds. The molecule has 2 heteroatoms. The number of nitrogens with zero attached hydrogens (tertiary/aromatic N) is 1. The first-order valence-corrected chi connectivity index (χ1v) is 3.20. The molecule has 2 nitrogen and oxygen atoms in total. The molecule has 0 aromatic carbocycles. The van der Waals surface area contributed by atoms with Gasteiger partial charge in [0.2, 0.25) is 0 Å². The van der Waals surface area contributed by atoms with Crippen molar-refractivity contribution in [2.24, 2.45) is 0 Å². The second-order valence-electron chi connectivity index (χ2n) is 2.70. The molecule has 0 saturated carbocycles. The highest BCUT2D eigenvalue weighted by Crippen LogP contribution is 2.27. The summed E-state index contributed by atoms with van der Waals surface area (Å²) in [6.45, 7) is 2.14. The zero-order valence-electron chi connectivity index (χ0n) is 5.13. The van der Waals surface area contributed by atoms with Gasteiger partial charge in [-0.3, -0.25) is 4.90 Å². The summed E-state index contributed by atoms with van der Waals surface area (Å²) in [5, 5.41) is 0. The van der Waals surface area contributed by atoms with Crippen LogP contribution in [0.15, 0.2) is 0 Å². The largest absolute Gasteiger partial charge is 0.375 e. The van der Waals surface area contributed by atoms with Crippen LogP contribution in [0.5, 0.6) is 0 Å². The summed E-state index contributed by atoms with van der Waals surface area (Å²) in [4.78, 5) is 2.36. The maximum atomic E-state index is 5.38. The molecule has 0 aromatic heterocycles. The van der Waals surface area contributed by atoms with Gasteiger partial charge in [-0.1, -0.05) is 0 Å². The first-order chi connectivity index (χ1) is 3.88. The van der Waals surface area contributed by atoms with Gasteiger partial charge in [0.05, 0.1) is 6.10 Å². The smallest absolute Gasteiger partial charge is 0.0857 e. The number of ether oxygens (including phenoxy) is 1. The van der Waals surface area contributed by atoms with Crippen molar-refractivity contribution in [2.45, 2.75) is 18.6 Å². The minimum absolute atomic E-state index is 0.597. The van der Waals surface area contributed by atoms with Gasteiger partial charge in [-0.2, -0.15) is 0 Å². The molecule has 2 saturated heterocycles. The zero-order valence-corrected chi connectivity index (χ0v) is 5.13. The van der Waals surface area contributed by atoms with Crippen LogP contribution in [-0.4, -0.2) is 37.2 Å². The Morgan fingerprint density at radius 2 is 2.50 bits per heavy atom. The number of likely N-dealkylation sites (N-methyl/N-ethyl adjacent to an activating group) is 1. The second-order valence-corrected chi connectivity index (χ2v) is 2.70. The van der Waals surface area contributed by atoms with E-state index in [0.29, 0.717) is 6.10 Å². The average Bonchev–Trinajstić information content (AvgIpc) is 2.09. The first-order valence-electron chi connectivity index (χ1n) is 3.20. The van der Waals surface area contributed by atoms with Crippen molar-refractivity contribution in [3.05, 3.63) is 0 Å². The predicted octanol–water partition coefficient (Wildman–Crippen LogP) is 0.0893. The third-order valence-corrected chi connectivity index (χ3v) is 2.21. The quantitative estimate of drug-likeness (QED) is 0.441. The Balaban J connectivity index is 2.02. The molecule has 2 aliphatic heterocycles. The van der Waals surface area contributed by atoms with Gasteiger partial charge in [-0.15, -0.1) is 0 Å². The van der Waals surface area contributed by atoms with E-state index in [1.54, 1.807) is 0 Å². The van der Waals surface area contributed by atoms with Gasteiger partial charge in [0.1, 0.15) is 0 Å². The fourth-order valence-corrected chi connectivity index (χ4v) is 1.60. The van der Waals surface area contributed by atoms with Crippen LogP contribution < -0.4 is 0 Å². The van der Waals surface area contributed by atoms with Gasteiger partial charge in [-0.05, 0) is 13.5 Å². The van der Waals surface area contributed by atoms with Crippen LogP contribution in [0.2, 0.25) is 0 Å². The van der Waals surface area contributed by atoms with Crippen molar-refractivity contribution in [1.29, 1.82) is 0 Å². The summed E-state index contributed by atoms with van der Waals surface area (Å²) in [6, 6.07) is 0.773. The lowest BCUT2D eigenvalue weighted by atomic mass is 10.0. The van der Waals surface area contributed by atoms with E-state index in [1.165, 1.54) is 6.42 Å². The molecule has 0 aliphatic carbocycles. The molecule has 46 valence electrons. The summed E-state index contributed by atoms with van der Waals surface area (Å²) in [7, 11) is 2.16. The highest BCUT2D eigenvalue weighted by molar-refractivity contribution is 4.94. The molecule has 0 unspecified atom stereocenters. The summed E-state index contributed by atoms with van der Waals surface area (Å²) < 4.78 is 5.38. The Kier molecular flexibility index (Phi) is 0.866. The SMILES string of the molecule is CN1C[C@H]2OCC[C@H]21. The topological polar surface area (TPSA) is 12.5 Å². The van der Waals surface area contributed by atoms with Crippen LogP contribution in [-0.2, 0) is 4.74 Å². The molecule has 0 N–H and O–H groups in total. The Labute approximate surface area is 49.4 Å². The van der Waals surface area contributed by atoms with Crippen LogP contribution in [0.1, 0.15) is 6.42 Å². The van der Waals surface area contributed by atoms with Crippen molar-refractivity contribution in [1.82, 2.24) is 4.90 Å². The van der Waals surface area contributed by atoms with E-state index in [4.69, 9.17) is 4.74 Å². The van der Waals surface area contributed by atoms with Crippen molar-refractivity contribution >= 4 is 0 Å². The third kappa shape index (κ3) is 0.446. The summed E-state index contributed by atoms with van der Waals surface area (Å²) in [6.07, 6.45) is 1.85. The Morgan fingerprint density at radius 1 is 1.62 bits per heavy atom. The minimum Gasteiger partial charge on any atom is -0.375 e. The molecular weight excluding hydrogens is 102 g/mol. The van der Waals surface area contributed by atoms with Gasteiger partial charge in [0, 0.05) is 19.2 Å². The number of fused-ring (bicyclic) bond motifs is 1. The van der Waals surface area contributed by atoms with Gasteiger partial charge in [-0.25, -0.2) is 0 Å². The lowest BCUT2D eigenvalue weighted by Crippen LogP contribution is -2.55. The highest BCUT2D eigenvalue weighted by Gasteiger charge is 2.40. The molecule has 2 atom stereocenters. The van der Waals surface area contributed by atoms with E-state index < -0.39 is 0 Å². The molecule has 8 heavy (non-hydrogen) atoms. The minimum atomic E-state index is 0.597. The van der Waals surface area contributed by atoms with Crippen LogP contribution in [0.3, 0.4) is 0 Å². The van der Waals surface area contributed by atoms with Crippen molar-refractivity contribution in [3.63, 3.8) is 0 Å². The Morgan fingerprint density at radius 3 is 3.00 bits per heavy atom. The van der Waals surface area contributed by atoms with Gasteiger partial charge < -0.3 is 4.74 Å². The van der Waals surface area contributed by atoms with Crippen LogP contribution in [0.25, 0.3) is 0 Å². The number of likely N-dealkylation sites (tertiary alicyclic amines) is 1. The molecule has 2 fully saturated rings. The van der Waals surface area contributed by atoms with Crippen molar-refractivity contribution < 1.29 is 4.74 Å². The molecule has 2 rings (SSSR count). The Hall–Kier alpha value is -0.0800. The second kappa shape index (κ2) is 1.45. The van der Waals surface area contributed by atoms with E-state index >= 15 is 0 Å². The zero-order chi connectivity index (χ0) is 5.56. The predicted molar refractivity (Wildman–Crippen MR) is 30.8 cm³/mol. The fraction of sp³-hybridized carbons (Fsp3) is 1.00. The normalized spacial score (nSPS) is 46.1. The molecule has 2 aliphatic rings. The van der Waals surface area contributed by atoms with Gasteiger partial charge in [0.25, 0.3) is 0 Å². The molecule has 2 heterocycles. The lowest BCUT2D eigenvalue weighted by molar-refractivity contribution is -0.0242. The standard InChI is InChI=1S/C6H11NO/c1-7-4-6-5(7)2-3-8-6/h5-6H,2-4H2,1H3/t5-,6-/m1/s1. The van der Waals surface area contributed by atoms with E-state index in [0.717, 1.165) is 19.2 Å². The number of hydrogen-bond donors (Lipinski definition) is 0. The summed E-state index contributed by atoms with van der Waals surface area (Å²) >= 11 is 0. The van der Waals surface area contributed by atoms with Crippen LogP contribution in [0, 0.1) is 0 Å². The van der Waals surface area contributed by atoms with Gasteiger partial charge >= 0.3 is 0 Å².